The fourth-order valence-corrected chi connectivity index (χ4v) is 4.79. The van der Waals surface area contributed by atoms with Crippen molar-refractivity contribution >= 4 is 26.9 Å². The average molecular weight is 595 g/mol. The molecule has 0 aliphatic heterocycles. The number of nitrogens with one attached hydrogen (secondary N) is 2. The fraction of sp³-hybridized carbons (Fsp3) is 0.296. The predicted octanol–water partition coefficient (Wildman–Crippen LogP) is 4.83. The molecular formula is C27H26F4N4O5S. The van der Waals surface area contributed by atoms with Crippen LogP contribution in [-0.4, -0.2) is 42.5 Å². The van der Waals surface area contributed by atoms with Gasteiger partial charge >= 0.3 is 6.18 Å². The number of aromatic nitrogens is 2. The topological polar surface area (TPSA) is 123 Å². The summed E-state index contributed by atoms with van der Waals surface area (Å²) < 4.78 is 91.6. The fourth-order valence-electron chi connectivity index (χ4n) is 3.65. The smallest absolute Gasteiger partial charge is 0.416 e. The molecule has 0 saturated carbocycles. The van der Waals surface area contributed by atoms with Gasteiger partial charge in [-0.2, -0.15) is 17.9 Å². The number of ether oxygens (including phenoxy) is 1. The van der Waals surface area contributed by atoms with Gasteiger partial charge in [-0.15, -0.1) is 0 Å². The Labute approximate surface area is 233 Å². The first kappa shape index (κ1) is 30.1. The summed E-state index contributed by atoms with van der Waals surface area (Å²) in [5.41, 5.74) is -0.310. The third kappa shape index (κ3) is 7.86. The molecule has 0 radical (unpaired) electrons. The SMILES string of the molecule is CC(C)(C)OC[C@H](NS(=O)(=O)c1cc2cc(F)ccc2o1)C(=O)NCc1cc(-c2ccc(C(F)(F)F)cc2)ncn1. The zero-order valence-corrected chi connectivity index (χ0v) is 22.9. The van der Waals surface area contributed by atoms with Gasteiger partial charge in [0.05, 0.1) is 35.7 Å². The van der Waals surface area contributed by atoms with E-state index in [1.54, 1.807) is 20.8 Å². The Balaban J connectivity index is 1.49. The molecule has 4 aromatic rings. The molecule has 41 heavy (non-hydrogen) atoms. The number of fused-ring (bicyclic) bond motifs is 1. The minimum Gasteiger partial charge on any atom is -0.443 e. The monoisotopic (exact) mass is 594 g/mol. The zero-order valence-electron chi connectivity index (χ0n) is 22.1. The number of hydrogen-bond donors (Lipinski definition) is 2. The van der Waals surface area contributed by atoms with E-state index in [4.69, 9.17) is 9.15 Å². The molecule has 1 amide bonds. The Morgan fingerprint density at radius 3 is 2.39 bits per heavy atom. The van der Waals surface area contributed by atoms with Crippen molar-refractivity contribution < 1.29 is 39.9 Å². The number of amides is 1. The first-order valence-corrected chi connectivity index (χ1v) is 13.7. The second-order valence-electron chi connectivity index (χ2n) is 10.0. The summed E-state index contributed by atoms with van der Waals surface area (Å²) in [6.07, 6.45) is -3.28. The van der Waals surface area contributed by atoms with Crippen LogP contribution in [0.25, 0.3) is 22.2 Å². The molecule has 0 aliphatic rings. The number of benzene rings is 2. The van der Waals surface area contributed by atoms with E-state index in [2.05, 4.69) is 20.0 Å². The molecule has 2 heterocycles. The third-order valence-corrected chi connectivity index (χ3v) is 7.02. The van der Waals surface area contributed by atoms with Crippen molar-refractivity contribution in [3.05, 3.63) is 78.0 Å². The summed E-state index contributed by atoms with van der Waals surface area (Å²) in [6.45, 7) is 4.71. The standard InChI is InChI=1S/C27H26F4N4O5S/c1-26(2,3)39-14-22(35-41(37,38)24-11-17-10-19(28)8-9-23(17)40-24)25(36)32-13-20-12-21(34-15-33-20)16-4-6-18(7-5-16)27(29,30)31/h4-12,15,22,35H,13-14H2,1-3H3,(H,32,36)/t22-/m0/s1. The number of nitrogens with zero attached hydrogens (tertiary/aromatic N) is 2. The number of carbonyl (C=O) groups excluding carboxylic acids is 1. The van der Waals surface area contributed by atoms with Crippen molar-refractivity contribution in [2.24, 2.45) is 0 Å². The van der Waals surface area contributed by atoms with Crippen LogP contribution in [0.4, 0.5) is 17.6 Å². The van der Waals surface area contributed by atoms with Gasteiger partial charge in [-0.3, -0.25) is 4.79 Å². The van der Waals surface area contributed by atoms with E-state index in [1.807, 2.05) is 0 Å². The maximum absolute atomic E-state index is 13.5. The van der Waals surface area contributed by atoms with Crippen molar-refractivity contribution in [2.75, 3.05) is 6.61 Å². The number of carbonyl (C=O) groups is 1. The van der Waals surface area contributed by atoms with Gasteiger partial charge in [0.15, 0.2) is 0 Å². The van der Waals surface area contributed by atoms with Gasteiger partial charge in [0.1, 0.15) is 23.8 Å². The van der Waals surface area contributed by atoms with Crippen molar-refractivity contribution in [1.82, 2.24) is 20.0 Å². The Morgan fingerprint density at radius 1 is 1.02 bits per heavy atom. The lowest BCUT2D eigenvalue weighted by Gasteiger charge is -2.24. The van der Waals surface area contributed by atoms with Crippen LogP contribution in [0.2, 0.25) is 0 Å². The number of alkyl halides is 3. The van der Waals surface area contributed by atoms with Crippen molar-refractivity contribution in [3.63, 3.8) is 0 Å². The molecule has 0 unspecified atom stereocenters. The maximum Gasteiger partial charge on any atom is 0.416 e. The van der Waals surface area contributed by atoms with Gasteiger partial charge in [-0.1, -0.05) is 12.1 Å². The molecular weight excluding hydrogens is 568 g/mol. The molecule has 0 fully saturated rings. The van der Waals surface area contributed by atoms with Crippen LogP contribution in [0.1, 0.15) is 32.0 Å². The summed E-state index contributed by atoms with van der Waals surface area (Å²) in [6, 6.07) is 9.18. The van der Waals surface area contributed by atoms with E-state index in [9.17, 15) is 30.8 Å². The van der Waals surface area contributed by atoms with Crippen LogP contribution in [0.3, 0.4) is 0 Å². The highest BCUT2D eigenvalue weighted by Crippen LogP contribution is 2.30. The number of hydrogen-bond acceptors (Lipinski definition) is 7. The van der Waals surface area contributed by atoms with E-state index >= 15 is 0 Å². The molecule has 2 aromatic carbocycles. The Morgan fingerprint density at radius 2 is 1.73 bits per heavy atom. The predicted molar refractivity (Wildman–Crippen MR) is 140 cm³/mol. The second kappa shape index (κ2) is 11.5. The van der Waals surface area contributed by atoms with E-state index in [0.29, 0.717) is 17.0 Å². The number of furan rings is 1. The molecule has 1 atom stereocenters. The number of rotatable bonds is 9. The Bertz CT molecular complexity index is 1650. The van der Waals surface area contributed by atoms with Crippen LogP contribution in [-0.2, 0) is 32.3 Å². The van der Waals surface area contributed by atoms with Crippen LogP contribution >= 0.6 is 0 Å². The van der Waals surface area contributed by atoms with E-state index in [0.717, 1.165) is 30.3 Å². The molecule has 0 spiro atoms. The zero-order chi connectivity index (χ0) is 30.0. The van der Waals surface area contributed by atoms with E-state index in [1.165, 1.54) is 30.6 Å². The Hall–Kier alpha value is -3.88. The molecule has 4 rings (SSSR count). The quantitative estimate of drug-likeness (QED) is 0.266. The molecule has 2 N–H and O–H groups in total. The van der Waals surface area contributed by atoms with Gasteiger partial charge in [0.2, 0.25) is 11.0 Å². The molecule has 9 nitrogen and oxygen atoms in total. The highest BCUT2D eigenvalue weighted by molar-refractivity contribution is 7.89. The van der Waals surface area contributed by atoms with Gasteiger partial charge in [0, 0.05) is 17.0 Å². The summed E-state index contributed by atoms with van der Waals surface area (Å²) in [4.78, 5) is 21.2. The minimum absolute atomic E-state index is 0.145. The van der Waals surface area contributed by atoms with Gasteiger partial charge in [-0.25, -0.2) is 22.8 Å². The lowest BCUT2D eigenvalue weighted by atomic mass is 10.1. The first-order valence-electron chi connectivity index (χ1n) is 12.2. The first-order chi connectivity index (χ1) is 19.1. The second-order valence-corrected chi connectivity index (χ2v) is 11.7. The van der Waals surface area contributed by atoms with Crippen LogP contribution in [0.5, 0.6) is 0 Å². The molecule has 0 saturated heterocycles. The highest BCUT2D eigenvalue weighted by Gasteiger charge is 2.31. The summed E-state index contributed by atoms with van der Waals surface area (Å²) in [7, 11) is -4.37. The summed E-state index contributed by atoms with van der Waals surface area (Å²) in [5.74, 6) is -1.31. The van der Waals surface area contributed by atoms with Crippen molar-refractivity contribution in [3.8, 4) is 11.3 Å². The van der Waals surface area contributed by atoms with Crippen LogP contribution in [0, 0.1) is 5.82 Å². The lowest BCUT2D eigenvalue weighted by Crippen LogP contribution is -2.50. The molecule has 14 heteroatoms. The lowest BCUT2D eigenvalue weighted by molar-refractivity contribution is -0.137. The van der Waals surface area contributed by atoms with Crippen molar-refractivity contribution in [1.29, 1.82) is 0 Å². The largest absolute Gasteiger partial charge is 0.443 e. The van der Waals surface area contributed by atoms with E-state index in [-0.39, 0.29) is 24.1 Å². The summed E-state index contributed by atoms with van der Waals surface area (Å²) >= 11 is 0. The summed E-state index contributed by atoms with van der Waals surface area (Å²) in [5, 5.41) is 2.30. The van der Waals surface area contributed by atoms with Crippen LogP contribution < -0.4 is 10.0 Å². The maximum atomic E-state index is 13.5. The molecule has 0 aliphatic carbocycles. The minimum atomic E-state index is -4.48. The van der Waals surface area contributed by atoms with Gasteiger partial charge in [0.25, 0.3) is 10.0 Å². The number of sulfonamides is 1. The van der Waals surface area contributed by atoms with E-state index < -0.39 is 50.2 Å². The van der Waals surface area contributed by atoms with Crippen molar-refractivity contribution in [2.45, 2.75) is 50.2 Å². The van der Waals surface area contributed by atoms with Crippen LogP contribution in [0.15, 0.2) is 70.4 Å². The normalized spacial score (nSPS) is 13.3. The Kier molecular flexibility index (Phi) is 8.47. The number of halogens is 4. The van der Waals surface area contributed by atoms with Gasteiger partial charge < -0.3 is 14.5 Å². The third-order valence-electron chi connectivity index (χ3n) is 5.69. The molecule has 218 valence electrons. The average Bonchev–Trinajstić information content (AvgIpc) is 3.33. The molecule has 2 aromatic heterocycles. The highest BCUT2D eigenvalue weighted by atomic mass is 32.2. The molecule has 0 bridgehead atoms. The van der Waals surface area contributed by atoms with Gasteiger partial charge in [-0.05, 0) is 57.2 Å².